The molecule has 1 aliphatic rings. The number of anilines is 1. The van der Waals surface area contributed by atoms with Crippen molar-refractivity contribution >= 4 is 21.6 Å². The van der Waals surface area contributed by atoms with Gasteiger partial charge in [-0.15, -0.1) is 0 Å². The van der Waals surface area contributed by atoms with E-state index < -0.39 is 11.6 Å². The van der Waals surface area contributed by atoms with Crippen LogP contribution in [0, 0.1) is 11.6 Å². The Morgan fingerprint density at radius 1 is 1.18 bits per heavy atom. The summed E-state index contributed by atoms with van der Waals surface area (Å²) in [5, 5.41) is 6.24. The number of hydrogen-bond acceptors (Lipinski definition) is 2. The molecule has 1 aromatic rings. The van der Waals surface area contributed by atoms with Gasteiger partial charge in [0.25, 0.3) is 0 Å². The first-order valence-electron chi connectivity index (χ1n) is 5.78. The second-order valence-electron chi connectivity index (χ2n) is 4.27. The van der Waals surface area contributed by atoms with Gasteiger partial charge in [0.15, 0.2) is 0 Å². The number of benzene rings is 1. The molecule has 2 N–H and O–H groups in total. The zero-order valence-electron chi connectivity index (χ0n) is 9.40. The summed E-state index contributed by atoms with van der Waals surface area (Å²) in [6.07, 6.45) is 2.84. The van der Waals surface area contributed by atoms with Crippen molar-refractivity contribution in [2.45, 2.75) is 25.3 Å². The number of nitrogens with one attached hydrogen (secondary N) is 2. The molecule has 2 rings (SSSR count). The summed E-state index contributed by atoms with van der Waals surface area (Å²) >= 11 is 3.07. The van der Waals surface area contributed by atoms with Crippen molar-refractivity contribution in [3.63, 3.8) is 0 Å². The molecule has 0 aromatic heterocycles. The fraction of sp³-hybridized carbons (Fsp3) is 0.500. The monoisotopic (exact) mass is 304 g/mol. The summed E-state index contributed by atoms with van der Waals surface area (Å²) in [4.78, 5) is 0. The van der Waals surface area contributed by atoms with Gasteiger partial charge in [0.05, 0.1) is 0 Å². The van der Waals surface area contributed by atoms with Gasteiger partial charge in [0, 0.05) is 10.5 Å². The summed E-state index contributed by atoms with van der Waals surface area (Å²) in [6.45, 7) is 1.86. The molecule has 0 aliphatic carbocycles. The van der Waals surface area contributed by atoms with Crippen LogP contribution in [-0.4, -0.2) is 19.1 Å². The van der Waals surface area contributed by atoms with E-state index in [0.29, 0.717) is 4.47 Å². The first-order valence-corrected chi connectivity index (χ1v) is 6.58. The minimum Gasteiger partial charge on any atom is -0.378 e. The molecule has 0 radical (unpaired) electrons. The number of rotatable bonds is 2. The van der Waals surface area contributed by atoms with Gasteiger partial charge in [-0.25, -0.2) is 8.78 Å². The maximum atomic E-state index is 13.6. The highest BCUT2D eigenvalue weighted by Gasteiger charge is 2.16. The highest BCUT2D eigenvalue weighted by Crippen LogP contribution is 2.25. The fourth-order valence-corrected chi connectivity index (χ4v) is 2.45. The minimum absolute atomic E-state index is 0.0138. The SMILES string of the molecule is Fc1cc(Br)cc(F)c1NC1CCCNCC1. The van der Waals surface area contributed by atoms with Gasteiger partial charge >= 0.3 is 0 Å². The van der Waals surface area contributed by atoms with Crippen molar-refractivity contribution in [2.75, 3.05) is 18.4 Å². The number of hydrogen-bond donors (Lipinski definition) is 2. The van der Waals surface area contributed by atoms with E-state index in [0.717, 1.165) is 32.4 Å². The molecule has 1 aromatic carbocycles. The van der Waals surface area contributed by atoms with Crippen molar-refractivity contribution in [2.24, 2.45) is 0 Å². The second kappa shape index (κ2) is 5.78. The van der Waals surface area contributed by atoms with Crippen LogP contribution in [0.2, 0.25) is 0 Å². The zero-order valence-corrected chi connectivity index (χ0v) is 11.0. The normalized spacial score (nSPS) is 21.0. The molecule has 1 fully saturated rings. The van der Waals surface area contributed by atoms with Crippen LogP contribution >= 0.6 is 15.9 Å². The van der Waals surface area contributed by atoms with Gasteiger partial charge in [-0.1, -0.05) is 15.9 Å². The molecular formula is C12H15BrF2N2. The van der Waals surface area contributed by atoms with Gasteiger partial charge in [-0.2, -0.15) is 0 Å². The van der Waals surface area contributed by atoms with Gasteiger partial charge in [0.2, 0.25) is 0 Å². The summed E-state index contributed by atoms with van der Waals surface area (Å²) < 4.78 is 27.7. The van der Waals surface area contributed by atoms with Crippen LogP contribution in [-0.2, 0) is 0 Å². The predicted molar refractivity (Wildman–Crippen MR) is 68.2 cm³/mol. The molecule has 17 heavy (non-hydrogen) atoms. The minimum atomic E-state index is -0.547. The van der Waals surface area contributed by atoms with E-state index in [-0.39, 0.29) is 11.7 Å². The molecule has 0 amide bonds. The summed E-state index contributed by atoms with van der Waals surface area (Å²) in [5.74, 6) is -1.09. The van der Waals surface area contributed by atoms with Crippen LogP contribution in [0.3, 0.4) is 0 Å². The first-order chi connectivity index (χ1) is 8.16. The molecule has 1 aliphatic heterocycles. The zero-order chi connectivity index (χ0) is 12.3. The van der Waals surface area contributed by atoms with Gasteiger partial charge in [-0.3, -0.25) is 0 Å². The van der Waals surface area contributed by atoms with Crippen LogP contribution in [0.15, 0.2) is 16.6 Å². The molecule has 1 heterocycles. The lowest BCUT2D eigenvalue weighted by molar-refractivity contribution is 0.569. The van der Waals surface area contributed by atoms with E-state index in [9.17, 15) is 8.78 Å². The third kappa shape index (κ3) is 3.39. The second-order valence-corrected chi connectivity index (χ2v) is 5.18. The molecule has 1 saturated heterocycles. The van der Waals surface area contributed by atoms with Crippen LogP contribution in [0.25, 0.3) is 0 Å². The van der Waals surface area contributed by atoms with Gasteiger partial charge < -0.3 is 10.6 Å². The Morgan fingerprint density at radius 3 is 2.59 bits per heavy atom. The lowest BCUT2D eigenvalue weighted by atomic mass is 10.1. The van der Waals surface area contributed by atoms with Crippen LogP contribution in [0.1, 0.15) is 19.3 Å². The molecule has 0 bridgehead atoms. The van der Waals surface area contributed by atoms with E-state index >= 15 is 0 Å². The molecule has 94 valence electrons. The number of halogens is 3. The quantitative estimate of drug-likeness (QED) is 0.876. The molecule has 0 saturated carbocycles. The Morgan fingerprint density at radius 2 is 1.88 bits per heavy atom. The first kappa shape index (κ1) is 12.8. The molecule has 0 spiro atoms. The highest BCUT2D eigenvalue weighted by atomic mass is 79.9. The Balaban J connectivity index is 2.11. The molecule has 1 unspecified atom stereocenters. The molecule has 5 heteroatoms. The van der Waals surface area contributed by atoms with E-state index in [2.05, 4.69) is 26.6 Å². The van der Waals surface area contributed by atoms with E-state index in [1.54, 1.807) is 0 Å². The maximum absolute atomic E-state index is 13.6. The lowest BCUT2D eigenvalue weighted by Gasteiger charge is -2.18. The largest absolute Gasteiger partial charge is 0.378 e. The van der Waals surface area contributed by atoms with Crippen molar-refractivity contribution in [3.05, 3.63) is 28.2 Å². The summed E-state index contributed by atoms with van der Waals surface area (Å²) in [6, 6.07) is 2.69. The van der Waals surface area contributed by atoms with E-state index in [4.69, 9.17) is 0 Å². The fourth-order valence-electron chi connectivity index (χ4n) is 2.05. The topological polar surface area (TPSA) is 24.1 Å². The van der Waals surface area contributed by atoms with Gasteiger partial charge in [0.1, 0.15) is 17.3 Å². The third-order valence-corrected chi connectivity index (χ3v) is 3.39. The lowest BCUT2D eigenvalue weighted by Crippen LogP contribution is -2.22. The Hall–Kier alpha value is -0.680. The smallest absolute Gasteiger partial charge is 0.150 e. The van der Waals surface area contributed by atoms with Crippen LogP contribution in [0.4, 0.5) is 14.5 Å². The Bertz CT molecular complexity index is 367. The standard InChI is InChI=1S/C12H15BrF2N2/c13-8-6-10(14)12(11(15)7-8)17-9-2-1-4-16-5-3-9/h6-7,9,16-17H,1-5H2. The molecule has 1 atom stereocenters. The average Bonchev–Trinajstić information content (AvgIpc) is 2.51. The van der Waals surface area contributed by atoms with E-state index in [1.165, 1.54) is 12.1 Å². The maximum Gasteiger partial charge on any atom is 0.150 e. The van der Waals surface area contributed by atoms with E-state index in [1.807, 2.05) is 0 Å². The third-order valence-electron chi connectivity index (χ3n) is 2.93. The Kier molecular flexibility index (Phi) is 4.34. The van der Waals surface area contributed by atoms with Crippen LogP contribution < -0.4 is 10.6 Å². The molecular weight excluding hydrogens is 290 g/mol. The summed E-state index contributed by atoms with van der Waals surface area (Å²) in [5.41, 5.74) is -0.0138. The van der Waals surface area contributed by atoms with Gasteiger partial charge in [-0.05, 0) is 44.5 Å². The molecule has 2 nitrogen and oxygen atoms in total. The average molecular weight is 305 g/mol. The van der Waals surface area contributed by atoms with Crippen molar-refractivity contribution in [1.29, 1.82) is 0 Å². The van der Waals surface area contributed by atoms with Crippen molar-refractivity contribution in [3.8, 4) is 0 Å². The van der Waals surface area contributed by atoms with Crippen molar-refractivity contribution < 1.29 is 8.78 Å². The van der Waals surface area contributed by atoms with Crippen LogP contribution in [0.5, 0.6) is 0 Å². The predicted octanol–water partition coefficient (Wildman–Crippen LogP) is 3.28. The highest BCUT2D eigenvalue weighted by molar-refractivity contribution is 9.10. The Labute approximate surface area is 108 Å². The van der Waals surface area contributed by atoms with Crippen molar-refractivity contribution in [1.82, 2.24) is 5.32 Å². The summed E-state index contributed by atoms with van der Waals surface area (Å²) in [7, 11) is 0.